The van der Waals surface area contributed by atoms with Crippen molar-refractivity contribution in [1.82, 2.24) is 0 Å². The molecule has 0 fully saturated rings. The largest absolute Gasteiger partial charge is 0.494 e. The van der Waals surface area contributed by atoms with Gasteiger partial charge >= 0.3 is 0 Å². The summed E-state index contributed by atoms with van der Waals surface area (Å²) in [6, 6.07) is 14.5. The van der Waals surface area contributed by atoms with Crippen LogP contribution in [0, 0.1) is 6.92 Å². The molecular formula is C16H18BrNO. The van der Waals surface area contributed by atoms with Gasteiger partial charge in [-0.3, -0.25) is 0 Å². The fourth-order valence-electron chi connectivity index (χ4n) is 1.89. The van der Waals surface area contributed by atoms with Crippen LogP contribution in [-0.2, 0) is 6.54 Å². The van der Waals surface area contributed by atoms with Crippen molar-refractivity contribution in [3.8, 4) is 5.75 Å². The van der Waals surface area contributed by atoms with Crippen LogP contribution in [0.2, 0.25) is 0 Å². The lowest BCUT2D eigenvalue weighted by Gasteiger charge is -2.11. The summed E-state index contributed by atoms with van der Waals surface area (Å²) in [6.45, 7) is 5.61. The molecule has 0 aromatic heterocycles. The van der Waals surface area contributed by atoms with Gasteiger partial charge in [-0.05, 0) is 55.3 Å². The minimum absolute atomic E-state index is 0.700. The quantitative estimate of drug-likeness (QED) is 0.857. The van der Waals surface area contributed by atoms with Crippen LogP contribution in [0.3, 0.4) is 0 Å². The fraction of sp³-hybridized carbons (Fsp3) is 0.250. The molecule has 0 bridgehead atoms. The molecule has 2 aromatic rings. The fourth-order valence-corrected chi connectivity index (χ4v) is 2.15. The molecule has 0 aliphatic rings. The number of ether oxygens (including phenoxy) is 1. The van der Waals surface area contributed by atoms with E-state index in [9.17, 15) is 0 Å². The Hall–Kier alpha value is -1.48. The standard InChI is InChI=1S/C16H18BrNO/c1-3-19-15-8-9-16(12(2)10-15)18-11-13-4-6-14(17)7-5-13/h4-10,18H,3,11H2,1-2H3. The van der Waals surface area contributed by atoms with Crippen molar-refractivity contribution in [2.45, 2.75) is 20.4 Å². The molecule has 100 valence electrons. The van der Waals surface area contributed by atoms with Gasteiger partial charge < -0.3 is 10.1 Å². The average molecular weight is 320 g/mol. The third-order valence-electron chi connectivity index (χ3n) is 2.91. The first-order valence-corrected chi connectivity index (χ1v) is 7.20. The summed E-state index contributed by atoms with van der Waals surface area (Å²) in [5, 5.41) is 3.45. The molecule has 0 saturated carbocycles. The van der Waals surface area contributed by atoms with Gasteiger partial charge in [0, 0.05) is 16.7 Å². The third-order valence-corrected chi connectivity index (χ3v) is 3.43. The number of anilines is 1. The van der Waals surface area contributed by atoms with Crippen LogP contribution >= 0.6 is 15.9 Å². The molecule has 0 saturated heterocycles. The topological polar surface area (TPSA) is 21.3 Å². The molecule has 0 radical (unpaired) electrons. The highest BCUT2D eigenvalue weighted by atomic mass is 79.9. The van der Waals surface area contributed by atoms with Gasteiger partial charge in [-0.1, -0.05) is 28.1 Å². The van der Waals surface area contributed by atoms with Crippen LogP contribution in [-0.4, -0.2) is 6.61 Å². The first kappa shape index (κ1) is 13.9. The zero-order chi connectivity index (χ0) is 13.7. The van der Waals surface area contributed by atoms with E-state index in [4.69, 9.17) is 4.74 Å². The summed E-state index contributed by atoms with van der Waals surface area (Å²) in [6.07, 6.45) is 0. The minimum Gasteiger partial charge on any atom is -0.494 e. The van der Waals surface area contributed by atoms with E-state index in [0.717, 1.165) is 22.5 Å². The van der Waals surface area contributed by atoms with E-state index >= 15 is 0 Å². The molecule has 0 aliphatic carbocycles. The van der Waals surface area contributed by atoms with Crippen molar-refractivity contribution in [2.75, 3.05) is 11.9 Å². The minimum atomic E-state index is 0.700. The van der Waals surface area contributed by atoms with Gasteiger partial charge in [0.2, 0.25) is 0 Å². The normalized spacial score (nSPS) is 10.3. The van der Waals surface area contributed by atoms with Gasteiger partial charge in [-0.2, -0.15) is 0 Å². The number of hydrogen-bond acceptors (Lipinski definition) is 2. The van der Waals surface area contributed by atoms with Crippen LogP contribution in [0.5, 0.6) is 5.75 Å². The monoisotopic (exact) mass is 319 g/mol. The molecule has 1 N–H and O–H groups in total. The van der Waals surface area contributed by atoms with E-state index in [-0.39, 0.29) is 0 Å². The summed E-state index contributed by atoms with van der Waals surface area (Å²) in [5.41, 5.74) is 3.60. The van der Waals surface area contributed by atoms with Crippen LogP contribution in [0.25, 0.3) is 0 Å². The van der Waals surface area contributed by atoms with E-state index in [1.807, 2.05) is 13.0 Å². The molecule has 19 heavy (non-hydrogen) atoms. The third kappa shape index (κ3) is 4.00. The molecule has 2 aromatic carbocycles. The lowest BCUT2D eigenvalue weighted by molar-refractivity contribution is 0.340. The Balaban J connectivity index is 2.01. The SMILES string of the molecule is CCOc1ccc(NCc2ccc(Br)cc2)c(C)c1. The Bertz CT molecular complexity index is 537. The van der Waals surface area contributed by atoms with Crippen molar-refractivity contribution >= 4 is 21.6 Å². The Kier molecular flexibility index (Phi) is 4.86. The second-order valence-corrected chi connectivity index (χ2v) is 5.31. The average Bonchev–Trinajstić information content (AvgIpc) is 2.40. The second-order valence-electron chi connectivity index (χ2n) is 4.39. The zero-order valence-corrected chi connectivity index (χ0v) is 12.8. The van der Waals surface area contributed by atoms with Crippen LogP contribution in [0.1, 0.15) is 18.1 Å². The van der Waals surface area contributed by atoms with Gasteiger partial charge in [-0.15, -0.1) is 0 Å². The Morgan fingerprint density at radius 1 is 1.11 bits per heavy atom. The van der Waals surface area contributed by atoms with Gasteiger partial charge in [0.15, 0.2) is 0 Å². The number of halogens is 1. The van der Waals surface area contributed by atoms with Gasteiger partial charge in [-0.25, -0.2) is 0 Å². The Morgan fingerprint density at radius 3 is 2.47 bits per heavy atom. The van der Waals surface area contributed by atoms with E-state index in [1.54, 1.807) is 0 Å². The summed E-state index contributed by atoms with van der Waals surface area (Å²) >= 11 is 3.44. The maximum Gasteiger partial charge on any atom is 0.119 e. The first-order chi connectivity index (χ1) is 9.19. The molecule has 0 spiro atoms. The number of hydrogen-bond donors (Lipinski definition) is 1. The molecule has 0 unspecified atom stereocenters. The summed E-state index contributed by atoms with van der Waals surface area (Å²) in [5.74, 6) is 0.925. The van der Waals surface area contributed by atoms with Gasteiger partial charge in [0.25, 0.3) is 0 Å². The number of rotatable bonds is 5. The molecule has 0 heterocycles. The Morgan fingerprint density at radius 2 is 1.84 bits per heavy atom. The lowest BCUT2D eigenvalue weighted by Crippen LogP contribution is -2.01. The maximum atomic E-state index is 5.48. The highest BCUT2D eigenvalue weighted by Gasteiger charge is 2.01. The molecule has 0 atom stereocenters. The highest BCUT2D eigenvalue weighted by molar-refractivity contribution is 9.10. The smallest absolute Gasteiger partial charge is 0.119 e. The van der Waals surface area contributed by atoms with Gasteiger partial charge in [0.05, 0.1) is 6.61 Å². The van der Waals surface area contributed by atoms with Crippen molar-refractivity contribution in [1.29, 1.82) is 0 Å². The second kappa shape index (κ2) is 6.62. The predicted octanol–water partition coefficient (Wildman–Crippen LogP) is 4.77. The van der Waals surface area contributed by atoms with Gasteiger partial charge in [0.1, 0.15) is 5.75 Å². The zero-order valence-electron chi connectivity index (χ0n) is 11.2. The molecule has 3 heteroatoms. The summed E-state index contributed by atoms with van der Waals surface area (Å²) in [7, 11) is 0. The van der Waals surface area contributed by atoms with Crippen molar-refractivity contribution < 1.29 is 4.74 Å². The van der Waals surface area contributed by atoms with Crippen molar-refractivity contribution in [3.05, 3.63) is 58.1 Å². The summed E-state index contributed by atoms with van der Waals surface area (Å²) in [4.78, 5) is 0. The van der Waals surface area contributed by atoms with E-state index in [0.29, 0.717) is 6.61 Å². The van der Waals surface area contributed by atoms with Crippen molar-refractivity contribution in [2.24, 2.45) is 0 Å². The van der Waals surface area contributed by atoms with Crippen LogP contribution in [0.4, 0.5) is 5.69 Å². The molecule has 0 amide bonds. The molecular weight excluding hydrogens is 302 g/mol. The lowest BCUT2D eigenvalue weighted by atomic mass is 10.1. The van der Waals surface area contributed by atoms with Crippen LogP contribution in [0.15, 0.2) is 46.9 Å². The summed E-state index contributed by atoms with van der Waals surface area (Å²) < 4.78 is 6.59. The first-order valence-electron chi connectivity index (χ1n) is 6.41. The highest BCUT2D eigenvalue weighted by Crippen LogP contribution is 2.22. The predicted molar refractivity (Wildman–Crippen MR) is 83.8 cm³/mol. The van der Waals surface area contributed by atoms with Crippen LogP contribution < -0.4 is 10.1 Å². The van der Waals surface area contributed by atoms with Crippen molar-refractivity contribution in [3.63, 3.8) is 0 Å². The maximum absolute atomic E-state index is 5.48. The number of benzene rings is 2. The number of aryl methyl sites for hydroxylation is 1. The molecule has 0 aliphatic heterocycles. The molecule has 2 rings (SSSR count). The number of nitrogens with one attached hydrogen (secondary N) is 1. The van der Waals surface area contributed by atoms with E-state index in [1.165, 1.54) is 11.1 Å². The molecule has 2 nitrogen and oxygen atoms in total. The van der Waals surface area contributed by atoms with E-state index < -0.39 is 0 Å². The Labute approximate surface area is 122 Å². The van der Waals surface area contributed by atoms with E-state index in [2.05, 4.69) is 64.6 Å².